The normalized spacial score (nSPS) is 15.8. The lowest BCUT2D eigenvalue weighted by molar-refractivity contribution is 0.311. The van der Waals surface area contributed by atoms with Crippen LogP contribution in [0.25, 0.3) is 11.2 Å². The maximum Gasteiger partial charge on any atom is 0.229 e. The van der Waals surface area contributed by atoms with Crippen molar-refractivity contribution in [3.05, 3.63) is 42.2 Å². The molecule has 0 unspecified atom stereocenters. The predicted octanol–water partition coefficient (Wildman–Crippen LogP) is 1.72. The first kappa shape index (κ1) is 14.9. The van der Waals surface area contributed by atoms with Gasteiger partial charge in [-0.1, -0.05) is 30.3 Å². The van der Waals surface area contributed by atoms with Gasteiger partial charge in [0.2, 0.25) is 5.95 Å². The molecule has 3 aromatic rings. The second-order valence-electron chi connectivity index (χ2n) is 6.10. The van der Waals surface area contributed by atoms with Crippen molar-refractivity contribution in [1.29, 1.82) is 0 Å². The Hall–Kier alpha value is -2.67. The number of nitrogens with one attached hydrogen (secondary N) is 2. The van der Waals surface area contributed by atoms with E-state index in [2.05, 4.69) is 49.2 Å². The van der Waals surface area contributed by atoms with Gasteiger partial charge in [-0.2, -0.15) is 9.97 Å². The molecule has 4 rings (SSSR count). The fraction of sp³-hybridized carbons (Fsp3) is 0.353. The lowest BCUT2D eigenvalue weighted by Gasteiger charge is -2.32. The summed E-state index contributed by atoms with van der Waals surface area (Å²) in [7, 11) is 2.14. The largest absolute Gasteiger partial charge is 0.364 e. The SMILES string of the molecule is CN1CCN(c2nc(NCc3ccccc3)c3[nH]cnc3n2)CC1. The number of anilines is 2. The number of fused-ring (bicyclic) bond motifs is 1. The molecular formula is C17H21N7. The summed E-state index contributed by atoms with van der Waals surface area (Å²) in [6, 6.07) is 10.3. The Kier molecular flexibility index (Phi) is 4.00. The Balaban J connectivity index is 1.60. The number of rotatable bonds is 4. The zero-order valence-corrected chi connectivity index (χ0v) is 13.7. The first-order valence-corrected chi connectivity index (χ1v) is 8.22. The third-order valence-corrected chi connectivity index (χ3v) is 4.36. The number of imidazole rings is 1. The van der Waals surface area contributed by atoms with Gasteiger partial charge in [0.05, 0.1) is 6.33 Å². The number of aromatic nitrogens is 4. The Morgan fingerprint density at radius 3 is 2.67 bits per heavy atom. The van der Waals surface area contributed by atoms with Crippen molar-refractivity contribution in [3.8, 4) is 0 Å². The van der Waals surface area contributed by atoms with E-state index in [0.717, 1.165) is 43.5 Å². The Labute approximate surface area is 140 Å². The molecule has 1 aliphatic heterocycles. The number of piperazine rings is 1. The summed E-state index contributed by atoms with van der Waals surface area (Å²) in [6.07, 6.45) is 1.67. The van der Waals surface area contributed by atoms with E-state index in [0.29, 0.717) is 12.2 Å². The van der Waals surface area contributed by atoms with Crippen LogP contribution in [0, 0.1) is 0 Å². The number of likely N-dealkylation sites (N-methyl/N-ethyl adjacent to an activating group) is 1. The van der Waals surface area contributed by atoms with Crippen LogP contribution in [0.5, 0.6) is 0 Å². The number of benzene rings is 1. The molecule has 7 nitrogen and oxygen atoms in total. The standard InChI is InChI=1S/C17H21N7/c1-23-7-9-24(10-8-23)17-21-15(14-16(22-17)20-12-19-14)18-11-13-5-3-2-4-6-13/h2-6,12H,7-11H2,1H3,(H2,18,19,20,21,22). The first-order chi connectivity index (χ1) is 11.8. The van der Waals surface area contributed by atoms with Gasteiger partial charge in [-0.3, -0.25) is 0 Å². The maximum absolute atomic E-state index is 4.75. The predicted molar refractivity (Wildman–Crippen MR) is 95.2 cm³/mol. The van der Waals surface area contributed by atoms with Crippen LogP contribution in [0.15, 0.2) is 36.7 Å². The van der Waals surface area contributed by atoms with E-state index in [1.54, 1.807) is 6.33 Å². The van der Waals surface area contributed by atoms with Crippen LogP contribution in [-0.4, -0.2) is 58.1 Å². The van der Waals surface area contributed by atoms with Crippen LogP contribution in [0.3, 0.4) is 0 Å². The van der Waals surface area contributed by atoms with E-state index in [9.17, 15) is 0 Å². The van der Waals surface area contributed by atoms with Gasteiger partial charge in [-0.15, -0.1) is 0 Å². The molecule has 0 amide bonds. The quantitative estimate of drug-likeness (QED) is 0.762. The van der Waals surface area contributed by atoms with Gasteiger partial charge in [0.25, 0.3) is 0 Å². The molecular weight excluding hydrogens is 302 g/mol. The number of H-pyrrole nitrogens is 1. The highest BCUT2D eigenvalue weighted by Crippen LogP contribution is 2.22. The second-order valence-corrected chi connectivity index (χ2v) is 6.10. The highest BCUT2D eigenvalue weighted by atomic mass is 15.3. The Morgan fingerprint density at radius 1 is 1.08 bits per heavy atom. The molecule has 0 bridgehead atoms. The number of hydrogen-bond donors (Lipinski definition) is 2. The van der Waals surface area contributed by atoms with Crippen LogP contribution in [0.1, 0.15) is 5.56 Å². The smallest absolute Gasteiger partial charge is 0.229 e. The van der Waals surface area contributed by atoms with E-state index in [1.807, 2.05) is 18.2 Å². The topological polar surface area (TPSA) is 73.0 Å². The third kappa shape index (κ3) is 3.03. The van der Waals surface area contributed by atoms with Crippen molar-refractivity contribution in [2.45, 2.75) is 6.54 Å². The van der Waals surface area contributed by atoms with Crippen LogP contribution < -0.4 is 10.2 Å². The molecule has 0 atom stereocenters. The minimum absolute atomic E-state index is 0.703. The van der Waals surface area contributed by atoms with Crippen molar-refractivity contribution >= 4 is 22.9 Å². The van der Waals surface area contributed by atoms with Crippen LogP contribution in [-0.2, 0) is 6.54 Å². The van der Waals surface area contributed by atoms with Crippen molar-refractivity contribution in [2.24, 2.45) is 0 Å². The minimum Gasteiger partial charge on any atom is -0.364 e. The molecule has 24 heavy (non-hydrogen) atoms. The van der Waals surface area contributed by atoms with Gasteiger partial charge < -0.3 is 20.1 Å². The van der Waals surface area contributed by atoms with Crippen molar-refractivity contribution in [3.63, 3.8) is 0 Å². The summed E-state index contributed by atoms with van der Waals surface area (Å²) in [5.41, 5.74) is 2.77. The van der Waals surface area contributed by atoms with Crippen molar-refractivity contribution in [1.82, 2.24) is 24.8 Å². The van der Waals surface area contributed by atoms with E-state index < -0.39 is 0 Å². The summed E-state index contributed by atoms with van der Waals surface area (Å²) in [5, 5.41) is 3.42. The third-order valence-electron chi connectivity index (χ3n) is 4.36. The van der Waals surface area contributed by atoms with E-state index >= 15 is 0 Å². The first-order valence-electron chi connectivity index (χ1n) is 8.22. The molecule has 2 N–H and O–H groups in total. The van der Waals surface area contributed by atoms with Crippen LogP contribution in [0.4, 0.5) is 11.8 Å². The molecule has 1 aromatic carbocycles. The van der Waals surface area contributed by atoms with E-state index in [1.165, 1.54) is 5.56 Å². The fourth-order valence-corrected chi connectivity index (χ4v) is 2.88. The highest BCUT2D eigenvalue weighted by Gasteiger charge is 2.19. The molecule has 124 valence electrons. The zero-order chi connectivity index (χ0) is 16.4. The van der Waals surface area contributed by atoms with Gasteiger partial charge in [0, 0.05) is 32.7 Å². The van der Waals surface area contributed by atoms with Gasteiger partial charge in [-0.25, -0.2) is 4.98 Å². The molecule has 3 heterocycles. The minimum atomic E-state index is 0.703. The molecule has 0 aliphatic carbocycles. The van der Waals surface area contributed by atoms with Gasteiger partial charge >= 0.3 is 0 Å². The summed E-state index contributed by atoms with van der Waals surface area (Å²) in [4.78, 5) is 21.4. The molecule has 0 spiro atoms. The van der Waals surface area contributed by atoms with Gasteiger partial charge in [0.1, 0.15) is 5.52 Å². The van der Waals surface area contributed by atoms with Gasteiger partial charge in [-0.05, 0) is 12.6 Å². The summed E-state index contributed by atoms with van der Waals surface area (Å²) in [6.45, 7) is 4.63. The lowest BCUT2D eigenvalue weighted by atomic mass is 10.2. The van der Waals surface area contributed by atoms with Crippen LogP contribution in [0.2, 0.25) is 0 Å². The molecule has 7 heteroatoms. The molecule has 1 aliphatic rings. The van der Waals surface area contributed by atoms with Crippen molar-refractivity contribution < 1.29 is 0 Å². The zero-order valence-electron chi connectivity index (χ0n) is 13.7. The molecule has 2 aromatic heterocycles. The summed E-state index contributed by atoms with van der Waals surface area (Å²) >= 11 is 0. The van der Waals surface area contributed by atoms with Crippen LogP contribution >= 0.6 is 0 Å². The summed E-state index contributed by atoms with van der Waals surface area (Å²) in [5.74, 6) is 1.55. The van der Waals surface area contributed by atoms with Crippen molar-refractivity contribution in [2.75, 3.05) is 43.4 Å². The Morgan fingerprint density at radius 2 is 1.88 bits per heavy atom. The molecule has 0 saturated carbocycles. The van der Waals surface area contributed by atoms with Gasteiger partial charge in [0.15, 0.2) is 11.5 Å². The number of hydrogen-bond acceptors (Lipinski definition) is 6. The van der Waals surface area contributed by atoms with E-state index in [-0.39, 0.29) is 0 Å². The molecule has 0 radical (unpaired) electrons. The molecule has 1 fully saturated rings. The summed E-state index contributed by atoms with van der Waals surface area (Å²) < 4.78 is 0. The average Bonchev–Trinajstić information content (AvgIpc) is 3.10. The Bertz CT molecular complexity index is 806. The number of aromatic amines is 1. The highest BCUT2D eigenvalue weighted by molar-refractivity contribution is 5.83. The second kappa shape index (κ2) is 6.45. The monoisotopic (exact) mass is 323 g/mol. The maximum atomic E-state index is 4.75. The fourth-order valence-electron chi connectivity index (χ4n) is 2.88. The average molecular weight is 323 g/mol. The molecule has 1 saturated heterocycles. The lowest BCUT2D eigenvalue weighted by Crippen LogP contribution is -2.45. The van der Waals surface area contributed by atoms with E-state index in [4.69, 9.17) is 4.98 Å². The number of nitrogens with zero attached hydrogens (tertiary/aromatic N) is 5.